The molecule has 0 saturated heterocycles. The Kier molecular flexibility index (Phi) is 8.97. The molecule has 108 valence electrons. The Balaban J connectivity index is 4.25. The summed E-state index contributed by atoms with van der Waals surface area (Å²) in [4.78, 5) is 16.1. The topological polar surface area (TPSA) is 44.8 Å². The first-order chi connectivity index (χ1) is 8.36. The zero-order valence-electron chi connectivity index (χ0n) is 12.7. The van der Waals surface area contributed by atoms with Gasteiger partial charge in [0.25, 0.3) is 0 Å². The van der Waals surface area contributed by atoms with Gasteiger partial charge < -0.3 is 19.9 Å². The van der Waals surface area contributed by atoms with Crippen LogP contribution in [0, 0.1) is 0 Å². The van der Waals surface area contributed by atoms with E-state index in [1.165, 1.54) is 0 Å². The average Bonchev–Trinajstić information content (AvgIpc) is 2.25. The van der Waals surface area contributed by atoms with Crippen LogP contribution in [0.2, 0.25) is 0 Å². The molecule has 18 heavy (non-hydrogen) atoms. The van der Waals surface area contributed by atoms with Crippen LogP contribution in [0.4, 0.5) is 0 Å². The van der Waals surface area contributed by atoms with E-state index in [2.05, 4.69) is 15.1 Å². The molecule has 1 N–H and O–H groups in total. The molecular weight excluding hydrogens is 230 g/mol. The van der Waals surface area contributed by atoms with Gasteiger partial charge in [0, 0.05) is 25.7 Å². The summed E-state index contributed by atoms with van der Waals surface area (Å²) in [5, 5.41) is 3.25. The number of hydrogen-bond acceptors (Lipinski definition) is 5. The smallest absolute Gasteiger partial charge is 0.324 e. The number of likely N-dealkylation sites (N-methyl/N-ethyl adjacent to an activating group) is 2. The first-order valence-corrected chi connectivity index (χ1v) is 6.62. The summed E-state index contributed by atoms with van der Waals surface area (Å²) in [5.41, 5.74) is 0. The monoisotopic (exact) mass is 259 g/mol. The maximum atomic E-state index is 11.8. The highest BCUT2D eigenvalue weighted by molar-refractivity contribution is 5.76. The molecule has 0 saturated carbocycles. The summed E-state index contributed by atoms with van der Waals surface area (Å²) in [5.74, 6) is -0.164. The third-order valence-electron chi connectivity index (χ3n) is 2.53. The number of carbonyl (C=O) groups is 1. The molecule has 0 aliphatic rings. The lowest BCUT2D eigenvalue weighted by Crippen LogP contribution is -2.49. The van der Waals surface area contributed by atoms with Crippen molar-refractivity contribution in [3.05, 3.63) is 0 Å². The van der Waals surface area contributed by atoms with Gasteiger partial charge in [-0.25, -0.2) is 0 Å². The van der Waals surface area contributed by atoms with Crippen molar-refractivity contribution in [2.45, 2.75) is 32.9 Å². The lowest BCUT2D eigenvalue weighted by Gasteiger charge is -2.26. The number of nitrogens with one attached hydrogen (secondary N) is 1. The van der Waals surface area contributed by atoms with E-state index in [1.807, 2.05) is 41.9 Å². The van der Waals surface area contributed by atoms with E-state index in [1.54, 1.807) is 0 Å². The molecule has 0 aromatic carbocycles. The largest absolute Gasteiger partial charge is 0.465 e. The van der Waals surface area contributed by atoms with Crippen molar-refractivity contribution in [3.63, 3.8) is 0 Å². The Bertz CT molecular complexity index is 232. The van der Waals surface area contributed by atoms with Crippen molar-refractivity contribution in [2.24, 2.45) is 0 Å². The molecule has 0 aromatic heterocycles. The number of rotatable bonds is 9. The Morgan fingerprint density at radius 2 is 1.83 bits per heavy atom. The minimum atomic E-state index is -0.253. The highest BCUT2D eigenvalue weighted by Gasteiger charge is 2.21. The lowest BCUT2D eigenvalue weighted by atomic mass is 10.2. The molecule has 0 heterocycles. The van der Waals surface area contributed by atoms with E-state index in [9.17, 15) is 4.79 Å². The second-order valence-corrected chi connectivity index (χ2v) is 5.19. The molecule has 0 aromatic rings. The number of hydrogen-bond donors (Lipinski definition) is 1. The van der Waals surface area contributed by atoms with Gasteiger partial charge in [-0.05, 0) is 28.1 Å². The molecule has 5 nitrogen and oxygen atoms in total. The molecule has 0 aliphatic carbocycles. The van der Waals surface area contributed by atoms with Gasteiger partial charge >= 0.3 is 5.97 Å². The fraction of sp³-hybridized carbons (Fsp3) is 0.923. The van der Waals surface area contributed by atoms with Gasteiger partial charge in [0.15, 0.2) is 0 Å². The van der Waals surface area contributed by atoms with Crippen molar-refractivity contribution >= 4 is 5.97 Å². The van der Waals surface area contributed by atoms with E-state index in [-0.39, 0.29) is 18.1 Å². The first-order valence-electron chi connectivity index (χ1n) is 6.62. The fourth-order valence-corrected chi connectivity index (χ4v) is 1.61. The maximum Gasteiger partial charge on any atom is 0.324 e. The highest BCUT2D eigenvalue weighted by Crippen LogP contribution is 1.96. The normalized spacial score (nSPS) is 13.4. The molecular formula is C13H29N3O2. The standard InChI is InChI=1S/C13H29N3O2/c1-7-18-13(17)12(14-11(2)3)10-16(6)9-8-15(4)5/h11-12,14H,7-10H2,1-6H3. The van der Waals surface area contributed by atoms with Gasteiger partial charge in [0.1, 0.15) is 6.04 Å². The number of ether oxygens (including phenoxy) is 1. The molecule has 0 fully saturated rings. The van der Waals surface area contributed by atoms with Crippen molar-refractivity contribution in [1.29, 1.82) is 0 Å². The van der Waals surface area contributed by atoms with Gasteiger partial charge in [-0.2, -0.15) is 0 Å². The summed E-state index contributed by atoms with van der Waals surface area (Å²) < 4.78 is 5.09. The molecule has 0 radical (unpaired) electrons. The Hall–Kier alpha value is -0.650. The highest BCUT2D eigenvalue weighted by atomic mass is 16.5. The first kappa shape index (κ1) is 17.4. The summed E-state index contributed by atoms with van der Waals surface area (Å²) in [6.45, 7) is 8.91. The predicted molar refractivity (Wildman–Crippen MR) is 74.7 cm³/mol. The van der Waals surface area contributed by atoms with Crippen LogP contribution in [-0.4, -0.2) is 75.2 Å². The Morgan fingerprint density at radius 1 is 1.22 bits per heavy atom. The van der Waals surface area contributed by atoms with Gasteiger partial charge in [-0.1, -0.05) is 13.8 Å². The minimum Gasteiger partial charge on any atom is -0.465 e. The van der Waals surface area contributed by atoms with Crippen LogP contribution in [0.15, 0.2) is 0 Å². The number of nitrogens with zero attached hydrogens (tertiary/aromatic N) is 2. The second kappa shape index (κ2) is 9.30. The molecule has 1 unspecified atom stereocenters. The summed E-state index contributed by atoms with van der Waals surface area (Å²) in [6.07, 6.45) is 0. The van der Waals surface area contributed by atoms with Gasteiger partial charge in [0.2, 0.25) is 0 Å². The molecule has 5 heteroatoms. The van der Waals surface area contributed by atoms with Gasteiger partial charge in [-0.15, -0.1) is 0 Å². The van der Waals surface area contributed by atoms with Crippen LogP contribution in [0.3, 0.4) is 0 Å². The van der Waals surface area contributed by atoms with Gasteiger partial charge in [-0.3, -0.25) is 4.79 Å². The zero-order valence-corrected chi connectivity index (χ0v) is 12.7. The molecule has 1 atom stereocenters. The molecule has 0 amide bonds. The van der Waals surface area contributed by atoms with E-state index >= 15 is 0 Å². The summed E-state index contributed by atoms with van der Waals surface area (Å²) in [7, 11) is 6.11. The predicted octanol–water partition coefficient (Wildman–Crippen LogP) is 0.410. The van der Waals surface area contributed by atoms with E-state index in [0.29, 0.717) is 13.2 Å². The SMILES string of the molecule is CCOC(=O)C(CN(C)CCN(C)C)NC(C)C. The quantitative estimate of drug-likeness (QED) is 0.608. The van der Waals surface area contributed by atoms with Crippen LogP contribution in [0.1, 0.15) is 20.8 Å². The average molecular weight is 259 g/mol. The van der Waals surface area contributed by atoms with Crippen LogP contribution in [-0.2, 0) is 9.53 Å². The number of esters is 1. The van der Waals surface area contributed by atoms with E-state index in [0.717, 1.165) is 13.1 Å². The van der Waals surface area contributed by atoms with Crippen LogP contribution in [0.25, 0.3) is 0 Å². The van der Waals surface area contributed by atoms with Crippen molar-refractivity contribution in [3.8, 4) is 0 Å². The number of carbonyl (C=O) groups excluding carboxylic acids is 1. The van der Waals surface area contributed by atoms with Crippen molar-refractivity contribution in [1.82, 2.24) is 15.1 Å². The van der Waals surface area contributed by atoms with E-state index < -0.39 is 0 Å². The van der Waals surface area contributed by atoms with Gasteiger partial charge in [0.05, 0.1) is 6.61 Å². The van der Waals surface area contributed by atoms with E-state index in [4.69, 9.17) is 4.74 Å². The third-order valence-corrected chi connectivity index (χ3v) is 2.53. The van der Waals surface area contributed by atoms with Crippen LogP contribution < -0.4 is 5.32 Å². The third kappa shape index (κ3) is 8.44. The van der Waals surface area contributed by atoms with Crippen molar-refractivity contribution in [2.75, 3.05) is 47.4 Å². The summed E-state index contributed by atoms with van der Waals surface area (Å²) in [6, 6.07) is 0.0127. The zero-order chi connectivity index (χ0) is 14.1. The van der Waals surface area contributed by atoms with Crippen molar-refractivity contribution < 1.29 is 9.53 Å². The molecule has 0 aliphatic heterocycles. The maximum absolute atomic E-state index is 11.8. The summed E-state index contributed by atoms with van der Waals surface area (Å²) >= 11 is 0. The molecule has 0 rings (SSSR count). The van der Waals surface area contributed by atoms with Crippen LogP contribution >= 0.6 is 0 Å². The second-order valence-electron chi connectivity index (χ2n) is 5.19. The lowest BCUT2D eigenvalue weighted by molar-refractivity contribution is -0.146. The molecule has 0 spiro atoms. The molecule has 0 bridgehead atoms. The fourth-order valence-electron chi connectivity index (χ4n) is 1.61. The Labute approximate surface area is 111 Å². The Morgan fingerprint density at radius 3 is 2.28 bits per heavy atom. The van der Waals surface area contributed by atoms with Crippen LogP contribution in [0.5, 0.6) is 0 Å². The minimum absolute atomic E-state index is 0.164.